The molecule has 0 bridgehead atoms. The molecule has 2 heteroatoms. The standard InChI is InChI=1S/C13H12ClN/c14-7-2-1-3-11-4-5-13-10-15-8-6-12(13)9-11/h1,3-6,8-10H,2,7H2. The minimum Gasteiger partial charge on any atom is -0.264 e. The van der Waals surface area contributed by atoms with Gasteiger partial charge in [0, 0.05) is 23.7 Å². The van der Waals surface area contributed by atoms with E-state index in [-0.39, 0.29) is 0 Å². The lowest BCUT2D eigenvalue weighted by molar-refractivity contribution is 1.24. The lowest BCUT2D eigenvalue weighted by Gasteiger charge is -1.98. The van der Waals surface area contributed by atoms with Crippen LogP contribution in [0.1, 0.15) is 12.0 Å². The van der Waals surface area contributed by atoms with Crippen LogP contribution in [0.3, 0.4) is 0 Å². The normalized spacial score (nSPS) is 11.3. The van der Waals surface area contributed by atoms with Gasteiger partial charge in [0.15, 0.2) is 0 Å². The molecule has 0 atom stereocenters. The highest BCUT2D eigenvalue weighted by atomic mass is 35.5. The second-order valence-electron chi connectivity index (χ2n) is 3.36. The Morgan fingerprint density at radius 1 is 1.20 bits per heavy atom. The fourth-order valence-corrected chi connectivity index (χ4v) is 1.61. The molecule has 76 valence electrons. The van der Waals surface area contributed by atoms with Crippen LogP contribution in [0.4, 0.5) is 0 Å². The van der Waals surface area contributed by atoms with Crippen LogP contribution in [-0.4, -0.2) is 10.9 Å². The maximum absolute atomic E-state index is 5.60. The molecule has 0 aliphatic carbocycles. The molecule has 0 aliphatic rings. The Hall–Kier alpha value is -1.34. The zero-order chi connectivity index (χ0) is 10.5. The summed E-state index contributed by atoms with van der Waals surface area (Å²) in [5.74, 6) is 0.675. The van der Waals surface area contributed by atoms with Gasteiger partial charge in [0.05, 0.1) is 0 Å². The molecule has 1 nitrogen and oxygen atoms in total. The Labute approximate surface area is 94.4 Å². The SMILES string of the molecule is ClCCC=Cc1ccc2cnccc2c1. The lowest BCUT2D eigenvalue weighted by Crippen LogP contribution is -1.77. The first-order chi connectivity index (χ1) is 7.40. The van der Waals surface area contributed by atoms with Crippen molar-refractivity contribution in [1.82, 2.24) is 4.98 Å². The number of alkyl halides is 1. The maximum Gasteiger partial charge on any atom is 0.0346 e. The molecule has 1 aromatic heterocycles. The third-order valence-electron chi connectivity index (χ3n) is 2.25. The first-order valence-electron chi connectivity index (χ1n) is 4.96. The number of rotatable bonds is 3. The molecule has 0 fully saturated rings. The summed E-state index contributed by atoms with van der Waals surface area (Å²) in [7, 11) is 0. The van der Waals surface area contributed by atoms with E-state index in [0.717, 1.165) is 6.42 Å². The number of hydrogen-bond donors (Lipinski definition) is 0. The smallest absolute Gasteiger partial charge is 0.0346 e. The zero-order valence-electron chi connectivity index (χ0n) is 8.36. The number of benzene rings is 1. The molecule has 0 unspecified atom stereocenters. The molecule has 1 aromatic carbocycles. The summed E-state index contributed by atoms with van der Waals surface area (Å²) < 4.78 is 0. The topological polar surface area (TPSA) is 12.9 Å². The average Bonchev–Trinajstić information content (AvgIpc) is 2.29. The Balaban J connectivity index is 2.30. The van der Waals surface area contributed by atoms with E-state index >= 15 is 0 Å². The molecule has 2 rings (SSSR count). The number of pyridine rings is 1. The van der Waals surface area contributed by atoms with Gasteiger partial charge in [-0.3, -0.25) is 4.98 Å². The summed E-state index contributed by atoms with van der Waals surface area (Å²) in [5.41, 5.74) is 1.21. The number of aromatic nitrogens is 1. The highest BCUT2D eigenvalue weighted by Gasteiger charge is 1.92. The van der Waals surface area contributed by atoms with E-state index in [2.05, 4.69) is 35.3 Å². The van der Waals surface area contributed by atoms with Crippen LogP contribution in [0.5, 0.6) is 0 Å². The molecule has 2 aromatic rings. The van der Waals surface area contributed by atoms with Gasteiger partial charge in [-0.15, -0.1) is 11.6 Å². The Bertz CT molecular complexity index is 477. The van der Waals surface area contributed by atoms with Gasteiger partial charge in [-0.2, -0.15) is 0 Å². The molecule has 0 spiro atoms. The van der Waals surface area contributed by atoms with Crippen molar-refractivity contribution in [2.24, 2.45) is 0 Å². The van der Waals surface area contributed by atoms with Crippen LogP contribution in [-0.2, 0) is 0 Å². The van der Waals surface area contributed by atoms with Crippen LogP contribution in [0.2, 0.25) is 0 Å². The summed E-state index contributed by atoms with van der Waals surface area (Å²) in [6.45, 7) is 0. The van der Waals surface area contributed by atoms with Crippen LogP contribution < -0.4 is 0 Å². The summed E-state index contributed by atoms with van der Waals surface area (Å²) >= 11 is 5.60. The van der Waals surface area contributed by atoms with E-state index in [1.807, 2.05) is 18.5 Å². The number of halogens is 1. The van der Waals surface area contributed by atoms with Gasteiger partial charge in [0.1, 0.15) is 0 Å². The number of fused-ring (bicyclic) bond motifs is 1. The van der Waals surface area contributed by atoms with E-state index in [9.17, 15) is 0 Å². The molecule has 0 amide bonds. The molecular formula is C13H12ClN. The first-order valence-corrected chi connectivity index (χ1v) is 5.50. The van der Waals surface area contributed by atoms with Gasteiger partial charge in [-0.1, -0.05) is 24.3 Å². The minimum atomic E-state index is 0.675. The van der Waals surface area contributed by atoms with E-state index in [4.69, 9.17) is 11.6 Å². The zero-order valence-corrected chi connectivity index (χ0v) is 9.11. The van der Waals surface area contributed by atoms with Crippen molar-refractivity contribution in [3.63, 3.8) is 0 Å². The average molecular weight is 218 g/mol. The molecule has 0 aliphatic heterocycles. The van der Waals surface area contributed by atoms with Crippen LogP contribution in [0.15, 0.2) is 42.7 Å². The van der Waals surface area contributed by atoms with Crippen molar-refractivity contribution >= 4 is 28.4 Å². The molecule has 15 heavy (non-hydrogen) atoms. The van der Waals surface area contributed by atoms with Gasteiger partial charge in [-0.25, -0.2) is 0 Å². The Morgan fingerprint density at radius 3 is 3.00 bits per heavy atom. The van der Waals surface area contributed by atoms with Crippen LogP contribution in [0.25, 0.3) is 16.8 Å². The number of nitrogens with zero attached hydrogens (tertiary/aromatic N) is 1. The lowest BCUT2D eigenvalue weighted by atomic mass is 10.1. The predicted molar refractivity (Wildman–Crippen MR) is 66.1 cm³/mol. The van der Waals surface area contributed by atoms with E-state index < -0.39 is 0 Å². The van der Waals surface area contributed by atoms with Gasteiger partial charge >= 0.3 is 0 Å². The third-order valence-corrected chi connectivity index (χ3v) is 2.47. The van der Waals surface area contributed by atoms with Crippen LogP contribution >= 0.6 is 11.6 Å². The van der Waals surface area contributed by atoms with Crippen molar-refractivity contribution in [2.45, 2.75) is 6.42 Å². The molecule has 0 saturated heterocycles. The monoisotopic (exact) mass is 217 g/mol. The Kier molecular flexibility index (Phi) is 3.36. The fraction of sp³-hybridized carbons (Fsp3) is 0.154. The quantitative estimate of drug-likeness (QED) is 0.712. The van der Waals surface area contributed by atoms with Crippen LogP contribution in [0, 0.1) is 0 Å². The van der Waals surface area contributed by atoms with Crippen molar-refractivity contribution in [2.75, 3.05) is 5.88 Å². The molecule has 0 N–H and O–H groups in total. The first kappa shape index (κ1) is 10.2. The predicted octanol–water partition coefficient (Wildman–Crippen LogP) is 3.88. The summed E-state index contributed by atoms with van der Waals surface area (Å²) in [6.07, 6.45) is 8.80. The van der Waals surface area contributed by atoms with Crippen molar-refractivity contribution in [3.05, 3.63) is 48.3 Å². The van der Waals surface area contributed by atoms with E-state index in [0.29, 0.717) is 5.88 Å². The number of hydrogen-bond acceptors (Lipinski definition) is 1. The van der Waals surface area contributed by atoms with Gasteiger partial charge < -0.3 is 0 Å². The molecule has 0 radical (unpaired) electrons. The largest absolute Gasteiger partial charge is 0.264 e. The third kappa shape index (κ3) is 2.57. The highest BCUT2D eigenvalue weighted by molar-refractivity contribution is 6.17. The maximum atomic E-state index is 5.60. The van der Waals surface area contributed by atoms with E-state index in [1.165, 1.54) is 16.3 Å². The summed E-state index contributed by atoms with van der Waals surface area (Å²) in [5, 5.41) is 2.39. The van der Waals surface area contributed by atoms with Gasteiger partial charge in [0.25, 0.3) is 0 Å². The van der Waals surface area contributed by atoms with Crippen molar-refractivity contribution < 1.29 is 0 Å². The molecular weight excluding hydrogens is 206 g/mol. The fourth-order valence-electron chi connectivity index (χ4n) is 1.49. The highest BCUT2D eigenvalue weighted by Crippen LogP contribution is 2.15. The van der Waals surface area contributed by atoms with Gasteiger partial charge in [-0.05, 0) is 29.5 Å². The number of allylic oxidation sites excluding steroid dienone is 1. The van der Waals surface area contributed by atoms with Gasteiger partial charge in [0.2, 0.25) is 0 Å². The second kappa shape index (κ2) is 4.94. The molecule has 1 heterocycles. The van der Waals surface area contributed by atoms with E-state index in [1.54, 1.807) is 0 Å². The minimum absolute atomic E-state index is 0.675. The summed E-state index contributed by atoms with van der Waals surface area (Å²) in [6, 6.07) is 8.35. The Morgan fingerprint density at radius 2 is 2.13 bits per heavy atom. The summed E-state index contributed by atoms with van der Waals surface area (Å²) in [4.78, 5) is 4.08. The van der Waals surface area contributed by atoms with Crippen molar-refractivity contribution in [1.29, 1.82) is 0 Å². The molecule has 0 saturated carbocycles. The second-order valence-corrected chi connectivity index (χ2v) is 3.74. The van der Waals surface area contributed by atoms with Crippen molar-refractivity contribution in [3.8, 4) is 0 Å².